The molecule has 1 aliphatic heterocycles. The molecule has 0 spiro atoms. The lowest BCUT2D eigenvalue weighted by Crippen LogP contribution is -2.53. The summed E-state index contributed by atoms with van der Waals surface area (Å²) in [5.41, 5.74) is -0.453. The molecule has 1 aromatic carbocycles. The van der Waals surface area contributed by atoms with Gasteiger partial charge in [0.1, 0.15) is 0 Å². The van der Waals surface area contributed by atoms with E-state index in [4.69, 9.17) is 4.74 Å². The summed E-state index contributed by atoms with van der Waals surface area (Å²) >= 11 is 0. The van der Waals surface area contributed by atoms with Crippen molar-refractivity contribution in [2.45, 2.75) is 32.7 Å². The predicted octanol–water partition coefficient (Wildman–Crippen LogP) is 2.21. The predicted molar refractivity (Wildman–Crippen MR) is 75.2 cm³/mol. The smallest absolute Gasteiger partial charge is 0.429 e. The molecule has 0 atom stereocenters. The van der Waals surface area contributed by atoms with Crippen molar-refractivity contribution >= 4 is 17.9 Å². The number of hydrogen-bond acceptors (Lipinski definition) is 4. The number of nitrogens with zero attached hydrogens (tertiary/aromatic N) is 2. The Balaban J connectivity index is 2.37. The van der Waals surface area contributed by atoms with Gasteiger partial charge in [-0.2, -0.15) is 5.01 Å². The third kappa shape index (κ3) is 2.74. The molecular weight excluding hydrogens is 272 g/mol. The molecule has 112 valence electrons. The van der Waals surface area contributed by atoms with E-state index >= 15 is 0 Å². The first kappa shape index (κ1) is 15.0. The molecule has 1 heterocycles. The maximum absolute atomic E-state index is 12.5. The van der Waals surface area contributed by atoms with Crippen LogP contribution in [0.15, 0.2) is 30.3 Å². The minimum Gasteiger partial charge on any atom is -0.448 e. The lowest BCUT2D eigenvalue weighted by molar-refractivity contribution is -0.132. The quantitative estimate of drug-likeness (QED) is 0.783. The number of benzene rings is 1. The van der Waals surface area contributed by atoms with E-state index in [2.05, 4.69) is 0 Å². The van der Waals surface area contributed by atoms with Gasteiger partial charge >= 0.3 is 6.09 Å². The number of amides is 3. The van der Waals surface area contributed by atoms with Gasteiger partial charge in [-0.05, 0) is 32.9 Å². The molecule has 6 nitrogen and oxygen atoms in total. The molecule has 1 aromatic rings. The van der Waals surface area contributed by atoms with E-state index in [0.29, 0.717) is 5.56 Å². The van der Waals surface area contributed by atoms with Crippen molar-refractivity contribution < 1.29 is 19.1 Å². The van der Waals surface area contributed by atoms with E-state index in [1.807, 2.05) is 0 Å². The van der Waals surface area contributed by atoms with Crippen LogP contribution >= 0.6 is 0 Å². The zero-order valence-electron chi connectivity index (χ0n) is 12.3. The second-order valence-corrected chi connectivity index (χ2v) is 5.38. The van der Waals surface area contributed by atoms with E-state index in [0.717, 1.165) is 10.0 Å². The average Bonchev–Trinajstić information content (AvgIpc) is 2.68. The Morgan fingerprint density at radius 3 is 2.43 bits per heavy atom. The second kappa shape index (κ2) is 5.55. The molecular formula is C15H18N2O4. The van der Waals surface area contributed by atoms with Crippen molar-refractivity contribution in [2.75, 3.05) is 6.61 Å². The van der Waals surface area contributed by atoms with Gasteiger partial charge in [-0.3, -0.25) is 9.59 Å². The van der Waals surface area contributed by atoms with Crippen molar-refractivity contribution in [3.05, 3.63) is 35.9 Å². The highest BCUT2D eigenvalue weighted by Gasteiger charge is 2.50. The summed E-state index contributed by atoms with van der Waals surface area (Å²) in [5.74, 6) is -0.943. The number of ether oxygens (including phenoxy) is 1. The number of carbonyl (C=O) groups is 3. The Labute approximate surface area is 123 Å². The van der Waals surface area contributed by atoms with E-state index in [1.165, 1.54) is 0 Å². The zero-order chi connectivity index (χ0) is 15.6. The molecule has 0 N–H and O–H groups in total. The Kier molecular flexibility index (Phi) is 3.97. The fourth-order valence-electron chi connectivity index (χ4n) is 2.32. The van der Waals surface area contributed by atoms with Gasteiger partial charge in [-0.25, -0.2) is 9.80 Å². The van der Waals surface area contributed by atoms with Crippen LogP contribution in [-0.2, 0) is 9.53 Å². The summed E-state index contributed by atoms with van der Waals surface area (Å²) in [6.45, 7) is 5.29. The second-order valence-electron chi connectivity index (χ2n) is 5.38. The SMILES string of the molecule is CCOC(=O)N1N(C(=O)c2ccccc2)C(=O)CC1(C)C. The van der Waals surface area contributed by atoms with Crippen LogP contribution in [0.25, 0.3) is 0 Å². The molecule has 0 aliphatic carbocycles. The lowest BCUT2D eigenvalue weighted by atomic mass is 10.0. The summed E-state index contributed by atoms with van der Waals surface area (Å²) < 4.78 is 4.97. The van der Waals surface area contributed by atoms with Crippen molar-refractivity contribution in [3.63, 3.8) is 0 Å². The third-order valence-electron chi connectivity index (χ3n) is 3.25. The molecule has 0 aromatic heterocycles. The van der Waals surface area contributed by atoms with Crippen molar-refractivity contribution in [1.82, 2.24) is 10.0 Å². The highest BCUT2D eigenvalue weighted by atomic mass is 16.6. The Bertz CT molecular complexity index is 568. The van der Waals surface area contributed by atoms with Gasteiger partial charge in [0.25, 0.3) is 11.8 Å². The van der Waals surface area contributed by atoms with E-state index < -0.39 is 23.4 Å². The molecule has 1 fully saturated rings. The molecule has 21 heavy (non-hydrogen) atoms. The number of hydrazine groups is 1. The maximum atomic E-state index is 12.5. The minimum absolute atomic E-state index is 0.0738. The number of carbonyl (C=O) groups excluding carboxylic acids is 3. The number of hydrogen-bond donors (Lipinski definition) is 0. The highest BCUT2D eigenvalue weighted by molar-refractivity contribution is 6.07. The van der Waals surface area contributed by atoms with E-state index in [9.17, 15) is 14.4 Å². The van der Waals surface area contributed by atoms with Gasteiger partial charge in [0.15, 0.2) is 0 Å². The molecule has 2 rings (SSSR count). The number of imide groups is 1. The molecule has 0 radical (unpaired) electrons. The largest absolute Gasteiger partial charge is 0.448 e. The maximum Gasteiger partial charge on any atom is 0.429 e. The Morgan fingerprint density at radius 2 is 1.86 bits per heavy atom. The van der Waals surface area contributed by atoms with Crippen LogP contribution in [-0.4, -0.2) is 40.1 Å². The molecule has 3 amide bonds. The third-order valence-corrected chi connectivity index (χ3v) is 3.25. The molecule has 6 heteroatoms. The number of rotatable bonds is 2. The van der Waals surface area contributed by atoms with Crippen LogP contribution in [0.1, 0.15) is 37.6 Å². The standard InChI is InChI=1S/C15H18N2O4/c1-4-21-14(20)17-15(2,3)10-12(18)16(17)13(19)11-8-6-5-7-9-11/h5-9H,4,10H2,1-3H3. The monoisotopic (exact) mass is 290 g/mol. The van der Waals surface area contributed by atoms with Crippen LogP contribution in [0.5, 0.6) is 0 Å². The topological polar surface area (TPSA) is 66.9 Å². The first-order valence-corrected chi connectivity index (χ1v) is 6.77. The summed E-state index contributed by atoms with van der Waals surface area (Å²) in [5, 5.41) is 1.99. The average molecular weight is 290 g/mol. The highest BCUT2D eigenvalue weighted by Crippen LogP contribution is 2.31. The summed E-state index contributed by atoms with van der Waals surface area (Å²) in [6.07, 6.45) is -0.623. The first-order chi connectivity index (χ1) is 9.88. The molecule has 1 aliphatic rings. The van der Waals surface area contributed by atoms with Crippen LogP contribution < -0.4 is 0 Å². The van der Waals surface area contributed by atoms with Gasteiger partial charge < -0.3 is 4.74 Å². The Morgan fingerprint density at radius 1 is 1.24 bits per heavy atom. The molecule has 0 bridgehead atoms. The normalized spacial score (nSPS) is 17.0. The first-order valence-electron chi connectivity index (χ1n) is 6.77. The van der Waals surface area contributed by atoms with Gasteiger partial charge in [0, 0.05) is 5.56 Å². The molecule has 1 saturated heterocycles. The minimum atomic E-state index is -0.798. The van der Waals surface area contributed by atoms with Gasteiger partial charge in [-0.15, -0.1) is 0 Å². The summed E-state index contributed by atoms with van der Waals surface area (Å²) in [6, 6.07) is 8.38. The Hall–Kier alpha value is -2.37. The van der Waals surface area contributed by atoms with Crippen LogP contribution in [0.3, 0.4) is 0 Å². The fourth-order valence-corrected chi connectivity index (χ4v) is 2.32. The van der Waals surface area contributed by atoms with Gasteiger partial charge in [0.2, 0.25) is 0 Å². The van der Waals surface area contributed by atoms with Crippen molar-refractivity contribution in [3.8, 4) is 0 Å². The van der Waals surface area contributed by atoms with Crippen LogP contribution in [0, 0.1) is 0 Å². The lowest BCUT2D eigenvalue weighted by Gasteiger charge is -2.33. The van der Waals surface area contributed by atoms with E-state index in [1.54, 1.807) is 51.1 Å². The van der Waals surface area contributed by atoms with Gasteiger partial charge in [0.05, 0.1) is 18.6 Å². The van der Waals surface area contributed by atoms with Crippen molar-refractivity contribution in [1.29, 1.82) is 0 Å². The van der Waals surface area contributed by atoms with Gasteiger partial charge in [-0.1, -0.05) is 18.2 Å². The zero-order valence-corrected chi connectivity index (χ0v) is 12.3. The molecule has 0 saturated carbocycles. The van der Waals surface area contributed by atoms with Crippen LogP contribution in [0.2, 0.25) is 0 Å². The van der Waals surface area contributed by atoms with Crippen LogP contribution in [0.4, 0.5) is 4.79 Å². The summed E-state index contributed by atoms with van der Waals surface area (Å²) in [7, 11) is 0. The van der Waals surface area contributed by atoms with Crippen molar-refractivity contribution in [2.24, 2.45) is 0 Å². The summed E-state index contributed by atoms with van der Waals surface area (Å²) in [4.78, 5) is 36.8. The van der Waals surface area contributed by atoms with E-state index in [-0.39, 0.29) is 13.0 Å². The molecule has 0 unspecified atom stereocenters. The fraction of sp³-hybridized carbons (Fsp3) is 0.400.